The largest absolute Gasteiger partial charge is 0.368 e. The summed E-state index contributed by atoms with van der Waals surface area (Å²) in [6.45, 7) is 9.52. The average Bonchev–Trinajstić information content (AvgIpc) is 2.92. The predicted octanol–water partition coefficient (Wildman–Crippen LogP) is 4.76. The van der Waals surface area contributed by atoms with E-state index in [1.165, 1.54) is 22.5 Å². The van der Waals surface area contributed by atoms with Crippen molar-refractivity contribution in [1.82, 2.24) is 0 Å². The molecule has 24 heavy (non-hydrogen) atoms. The molecule has 1 aromatic carbocycles. The Morgan fingerprint density at radius 3 is 2.71 bits per heavy atom. The first kappa shape index (κ1) is 17.2. The molecule has 0 radical (unpaired) electrons. The van der Waals surface area contributed by atoms with Gasteiger partial charge in [0.15, 0.2) is 6.29 Å². The third-order valence-electron chi connectivity index (χ3n) is 4.04. The van der Waals surface area contributed by atoms with Gasteiger partial charge in [-0.2, -0.15) is 0 Å². The topological polar surface area (TPSA) is 26.3 Å². The molecule has 1 aromatic heterocycles. The number of carbonyl (C=O) groups is 1. The Hall–Kier alpha value is -1.67. The van der Waals surface area contributed by atoms with Crippen LogP contribution < -0.4 is 0 Å². The molecule has 1 atom stereocenters. The molecule has 0 N–H and O–H groups in total. The SMILES string of the molecule is Cc1sc(C=O)cc1C1OCCc2ccc(C#C[Si](C)(C)C)cc21. The van der Waals surface area contributed by atoms with Crippen molar-refractivity contribution in [2.45, 2.75) is 39.1 Å². The third-order valence-corrected chi connectivity index (χ3v) is 5.91. The number of aryl methyl sites for hydroxylation is 1. The lowest BCUT2D eigenvalue weighted by Gasteiger charge is -2.26. The number of benzene rings is 1. The third kappa shape index (κ3) is 3.70. The maximum absolute atomic E-state index is 11.1. The van der Waals surface area contributed by atoms with E-state index in [0.717, 1.165) is 33.6 Å². The number of fused-ring (bicyclic) bond motifs is 1. The van der Waals surface area contributed by atoms with E-state index < -0.39 is 8.07 Å². The second-order valence-electron chi connectivity index (χ2n) is 7.19. The molecule has 1 unspecified atom stereocenters. The second kappa shape index (κ2) is 6.68. The Morgan fingerprint density at radius 1 is 1.25 bits per heavy atom. The molecule has 0 fully saturated rings. The molecule has 0 saturated carbocycles. The van der Waals surface area contributed by atoms with Crippen LogP contribution in [0, 0.1) is 18.4 Å². The van der Waals surface area contributed by atoms with Crippen LogP contribution in [0.4, 0.5) is 0 Å². The van der Waals surface area contributed by atoms with Gasteiger partial charge in [-0.05, 0) is 48.2 Å². The van der Waals surface area contributed by atoms with Gasteiger partial charge >= 0.3 is 0 Å². The monoisotopic (exact) mass is 354 g/mol. The normalized spacial score (nSPS) is 16.9. The highest BCUT2D eigenvalue weighted by Gasteiger charge is 2.25. The smallest absolute Gasteiger partial charge is 0.160 e. The van der Waals surface area contributed by atoms with Gasteiger partial charge in [0.2, 0.25) is 0 Å². The first-order valence-electron chi connectivity index (χ1n) is 8.20. The van der Waals surface area contributed by atoms with Crippen molar-refractivity contribution in [2.75, 3.05) is 6.61 Å². The number of rotatable bonds is 2. The summed E-state index contributed by atoms with van der Waals surface area (Å²) in [6, 6.07) is 8.43. The zero-order valence-electron chi connectivity index (χ0n) is 14.6. The highest BCUT2D eigenvalue weighted by molar-refractivity contribution is 7.13. The van der Waals surface area contributed by atoms with E-state index in [1.807, 2.05) is 6.07 Å². The molecule has 2 aromatic rings. The van der Waals surface area contributed by atoms with Gasteiger partial charge in [-0.3, -0.25) is 4.79 Å². The minimum absolute atomic E-state index is 0.0904. The summed E-state index contributed by atoms with van der Waals surface area (Å²) in [5.74, 6) is 3.34. The van der Waals surface area contributed by atoms with Gasteiger partial charge in [0.05, 0.1) is 11.5 Å². The lowest BCUT2D eigenvalue weighted by molar-refractivity contribution is 0.0697. The molecule has 0 aliphatic carbocycles. The molecule has 1 aliphatic rings. The van der Waals surface area contributed by atoms with E-state index >= 15 is 0 Å². The highest BCUT2D eigenvalue weighted by Crippen LogP contribution is 2.37. The first-order chi connectivity index (χ1) is 11.4. The zero-order chi connectivity index (χ0) is 17.3. The number of hydrogen-bond acceptors (Lipinski definition) is 3. The van der Waals surface area contributed by atoms with Crippen LogP contribution in [0.2, 0.25) is 19.6 Å². The Kier molecular flexibility index (Phi) is 4.77. The minimum Gasteiger partial charge on any atom is -0.368 e. The van der Waals surface area contributed by atoms with Crippen molar-refractivity contribution in [3.8, 4) is 11.5 Å². The average molecular weight is 355 g/mol. The molecule has 2 nitrogen and oxygen atoms in total. The van der Waals surface area contributed by atoms with Crippen molar-refractivity contribution in [3.05, 3.63) is 56.3 Å². The van der Waals surface area contributed by atoms with Gasteiger partial charge in [-0.25, -0.2) is 0 Å². The van der Waals surface area contributed by atoms with Gasteiger partial charge in [-0.1, -0.05) is 31.6 Å². The van der Waals surface area contributed by atoms with Crippen molar-refractivity contribution in [2.24, 2.45) is 0 Å². The summed E-state index contributed by atoms with van der Waals surface area (Å²) in [6.07, 6.45) is 1.75. The molecule has 3 rings (SSSR count). The highest BCUT2D eigenvalue weighted by atomic mass is 32.1. The van der Waals surface area contributed by atoms with Crippen LogP contribution in [0.15, 0.2) is 24.3 Å². The lowest BCUT2D eigenvalue weighted by Crippen LogP contribution is -2.18. The van der Waals surface area contributed by atoms with E-state index in [1.54, 1.807) is 0 Å². The molecule has 0 saturated heterocycles. The first-order valence-corrected chi connectivity index (χ1v) is 12.5. The lowest BCUT2D eigenvalue weighted by atomic mass is 9.91. The minimum atomic E-state index is -1.40. The Labute approximate surface area is 148 Å². The summed E-state index contributed by atoms with van der Waals surface area (Å²) in [7, 11) is -1.40. The molecule has 124 valence electrons. The fourth-order valence-corrected chi connectivity index (χ4v) is 4.27. The van der Waals surface area contributed by atoms with Crippen molar-refractivity contribution in [3.63, 3.8) is 0 Å². The summed E-state index contributed by atoms with van der Waals surface area (Å²) in [4.78, 5) is 13.0. The van der Waals surface area contributed by atoms with Crippen LogP contribution in [0.1, 0.15) is 42.9 Å². The van der Waals surface area contributed by atoms with E-state index in [9.17, 15) is 4.79 Å². The molecular weight excluding hydrogens is 332 g/mol. The maximum Gasteiger partial charge on any atom is 0.160 e. The van der Waals surface area contributed by atoms with E-state index in [4.69, 9.17) is 4.74 Å². The number of carbonyl (C=O) groups excluding carboxylic acids is 1. The molecule has 0 amide bonds. The number of ether oxygens (including phenoxy) is 1. The van der Waals surface area contributed by atoms with Crippen molar-refractivity contribution >= 4 is 25.7 Å². The van der Waals surface area contributed by atoms with E-state index in [2.05, 4.69) is 56.2 Å². The number of aldehydes is 1. The number of thiophene rings is 1. The van der Waals surface area contributed by atoms with E-state index in [-0.39, 0.29) is 6.10 Å². The molecule has 1 aliphatic heterocycles. The summed E-state index contributed by atoms with van der Waals surface area (Å²) >= 11 is 1.53. The predicted molar refractivity (Wildman–Crippen MR) is 103 cm³/mol. The molecule has 0 spiro atoms. The summed E-state index contributed by atoms with van der Waals surface area (Å²) in [5.41, 5.74) is 8.11. The van der Waals surface area contributed by atoms with E-state index in [0.29, 0.717) is 6.61 Å². The van der Waals surface area contributed by atoms with Gasteiger partial charge in [0, 0.05) is 10.4 Å². The molecule has 2 heterocycles. The fourth-order valence-electron chi connectivity index (χ4n) is 2.88. The van der Waals surface area contributed by atoms with Gasteiger partial charge in [0.1, 0.15) is 14.2 Å². The molecule has 0 bridgehead atoms. The quantitative estimate of drug-likeness (QED) is 0.441. The standard InChI is InChI=1S/C20H22O2SSi/c1-14-18(12-17(13-21)23-14)20-19-11-15(8-10-24(2,3)4)5-6-16(19)7-9-22-20/h5-6,11-13,20H,7,9H2,1-4H3. The summed E-state index contributed by atoms with van der Waals surface area (Å²) in [5, 5.41) is 0. The Morgan fingerprint density at radius 2 is 2.04 bits per heavy atom. The Bertz CT molecular complexity index is 834. The van der Waals surface area contributed by atoms with Gasteiger partial charge in [0.25, 0.3) is 0 Å². The Balaban J connectivity index is 2.03. The van der Waals surface area contributed by atoms with Crippen LogP contribution in [-0.4, -0.2) is 21.0 Å². The zero-order valence-corrected chi connectivity index (χ0v) is 16.4. The fraction of sp³-hybridized carbons (Fsp3) is 0.350. The van der Waals surface area contributed by atoms with Crippen LogP contribution >= 0.6 is 11.3 Å². The van der Waals surface area contributed by atoms with Gasteiger partial charge in [-0.15, -0.1) is 16.9 Å². The summed E-state index contributed by atoms with van der Waals surface area (Å²) < 4.78 is 6.08. The van der Waals surface area contributed by atoms with Crippen LogP contribution in [-0.2, 0) is 11.2 Å². The maximum atomic E-state index is 11.1. The van der Waals surface area contributed by atoms with Crippen molar-refractivity contribution < 1.29 is 9.53 Å². The van der Waals surface area contributed by atoms with Crippen molar-refractivity contribution in [1.29, 1.82) is 0 Å². The molecule has 4 heteroatoms. The molecular formula is C20H22O2SSi. The van der Waals surface area contributed by atoms with Crippen LogP contribution in [0.3, 0.4) is 0 Å². The van der Waals surface area contributed by atoms with Crippen LogP contribution in [0.25, 0.3) is 0 Å². The second-order valence-corrected chi connectivity index (χ2v) is 13.2. The van der Waals surface area contributed by atoms with Gasteiger partial charge < -0.3 is 4.74 Å². The van der Waals surface area contributed by atoms with Crippen LogP contribution in [0.5, 0.6) is 0 Å². The number of hydrogen-bond donors (Lipinski definition) is 0.